The number of benzene rings is 3. The van der Waals surface area contributed by atoms with Gasteiger partial charge in [-0.15, -0.1) is 0 Å². The summed E-state index contributed by atoms with van der Waals surface area (Å²) in [6, 6.07) is 14.5. The fourth-order valence-corrected chi connectivity index (χ4v) is 2.75. The number of phenolic OH excluding ortho intramolecular Hbond substituents is 4. The summed E-state index contributed by atoms with van der Waals surface area (Å²) in [5.41, 5.74) is 1.53. The second-order valence-corrected chi connectivity index (χ2v) is 6.47. The van der Waals surface area contributed by atoms with Crippen molar-refractivity contribution in [1.82, 2.24) is 0 Å². The minimum Gasteiger partial charge on any atom is -0.508 e. The molecule has 0 unspecified atom stereocenters. The zero-order valence-corrected chi connectivity index (χ0v) is 15.7. The monoisotopic (exact) mass is 402 g/mol. The number of carbonyl (C=O) groups is 2. The Hall–Kier alpha value is -4.32. The summed E-state index contributed by atoms with van der Waals surface area (Å²) in [5.74, 6) is -1.74. The fraction of sp³-hybridized carbons (Fsp3) is 0. The third-order valence-corrected chi connectivity index (χ3v) is 4.26. The summed E-state index contributed by atoms with van der Waals surface area (Å²) in [6.45, 7) is 0. The predicted octanol–water partition coefficient (Wildman–Crippen LogP) is 4.30. The molecule has 0 aliphatic rings. The van der Waals surface area contributed by atoms with Gasteiger partial charge in [-0.2, -0.15) is 0 Å². The zero-order valence-electron chi connectivity index (χ0n) is 15.7. The van der Waals surface area contributed by atoms with Gasteiger partial charge in [0.05, 0.1) is 11.1 Å². The molecule has 3 aromatic carbocycles. The lowest BCUT2D eigenvalue weighted by Crippen LogP contribution is -1.95. The SMILES string of the molecule is O=C(/C=C/c1cccc(/C=C/C(=O)c2ccc(O)cc2O)c1)c1ccc(O)cc1O. The quantitative estimate of drug-likeness (QED) is 0.361. The molecule has 3 aromatic rings. The van der Waals surface area contributed by atoms with Crippen LogP contribution in [0.25, 0.3) is 12.2 Å². The van der Waals surface area contributed by atoms with Crippen molar-refractivity contribution >= 4 is 23.7 Å². The van der Waals surface area contributed by atoms with Crippen LogP contribution in [0.3, 0.4) is 0 Å². The van der Waals surface area contributed by atoms with Crippen molar-refractivity contribution in [2.24, 2.45) is 0 Å². The molecule has 0 saturated heterocycles. The normalized spacial score (nSPS) is 11.2. The van der Waals surface area contributed by atoms with Crippen molar-refractivity contribution in [2.45, 2.75) is 0 Å². The number of aromatic hydroxyl groups is 4. The third-order valence-electron chi connectivity index (χ3n) is 4.26. The molecule has 30 heavy (non-hydrogen) atoms. The van der Waals surface area contributed by atoms with Crippen LogP contribution in [0.2, 0.25) is 0 Å². The molecule has 0 aliphatic carbocycles. The van der Waals surface area contributed by atoms with Gasteiger partial charge in [-0.1, -0.05) is 30.4 Å². The average Bonchev–Trinajstić information content (AvgIpc) is 2.70. The smallest absolute Gasteiger partial charge is 0.189 e. The van der Waals surface area contributed by atoms with E-state index in [1.165, 1.54) is 36.4 Å². The van der Waals surface area contributed by atoms with Gasteiger partial charge in [0.25, 0.3) is 0 Å². The molecule has 6 heteroatoms. The third kappa shape index (κ3) is 4.94. The van der Waals surface area contributed by atoms with Gasteiger partial charge >= 0.3 is 0 Å². The van der Waals surface area contributed by atoms with Crippen LogP contribution < -0.4 is 0 Å². The van der Waals surface area contributed by atoms with E-state index in [9.17, 15) is 30.0 Å². The van der Waals surface area contributed by atoms with E-state index in [0.717, 1.165) is 12.1 Å². The van der Waals surface area contributed by atoms with Gasteiger partial charge in [0.1, 0.15) is 23.0 Å². The molecule has 0 aromatic heterocycles. The number of rotatable bonds is 6. The number of phenols is 4. The van der Waals surface area contributed by atoms with Gasteiger partial charge in [-0.25, -0.2) is 0 Å². The van der Waals surface area contributed by atoms with Gasteiger partial charge in [0.2, 0.25) is 0 Å². The molecule has 0 atom stereocenters. The second kappa shape index (κ2) is 8.79. The van der Waals surface area contributed by atoms with E-state index in [-0.39, 0.29) is 34.1 Å². The van der Waals surface area contributed by atoms with Gasteiger partial charge in [0.15, 0.2) is 11.6 Å². The Morgan fingerprint density at radius 1 is 0.600 bits per heavy atom. The van der Waals surface area contributed by atoms with Crippen molar-refractivity contribution < 1.29 is 30.0 Å². The average molecular weight is 402 g/mol. The summed E-state index contributed by atoms with van der Waals surface area (Å²) in [5, 5.41) is 38.1. The van der Waals surface area contributed by atoms with Crippen LogP contribution in [0.1, 0.15) is 31.8 Å². The molecule has 0 heterocycles. The van der Waals surface area contributed by atoms with Crippen LogP contribution in [-0.2, 0) is 0 Å². The van der Waals surface area contributed by atoms with E-state index in [4.69, 9.17) is 0 Å². The Bertz CT molecular complexity index is 1090. The van der Waals surface area contributed by atoms with Crippen LogP contribution in [-0.4, -0.2) is 32.0 Å². The highest BCUT2D eigenvalue weighted by atomic mass is 16.3. The number of hydrogen-bond acceptors (Lipinski definition) is 6. The Balaban J connectivity index is 1.74. The topological polar surface area (TPSA) is 115 Å². The minimum absolute atomic E-state index is 0.0689. The van der Waals surface area contributed by atoms with Gasteiger partial charge in [-0.3, -0.25) is 9.59 Å². The molecule has 6 nitrogen and oxygen atoms in total. The van der Waals surface area contributed by atoms with Crippen LogP contribution in [0.4, 0.5) is 0 Å². The van der Waals surface area contributed by atoms with Crippen molar-refractivity contribution in [3.05, 3.63) is 95.1 Å². The lowest BCUT2D eigenvalue weighted by molar-refractivity contribution is 0.103. The van der Waals surface area contributed by atoms with Gasteiger partial charge < -0.3 is 20.4 Å². The minimum atomic E-state index is -0.425. The molecule has 0 aliphatic heterocycles. The highest BCUT2D eigenvalue weighted by Gasteiger charge is 2.09. The van der Waals surface area contributed by atoms with E-state index in [2.05, 4.69) is 0 Å². The largest absolute Gasteiger partial charge is 0.508 e. The Labute approximate surface area is 172 Å². The zero-order chi connectivity index (χ0) is 21.7. The maximum atomic E-state index is 12.2. The van der Waals surface area contributed by atoms with E-state index < -0.39 is 11.6 Å². The Kier molecular flexibility index (Phi) is 5.98. The first kappa shape index (κ1) is 20.4. The number of carbonyl (C=O) groups excluding carboxylic acids is 2. The van der Waals surface area contributed by atoms with Crippen LogP contribution >= 0.6 is 0 Å². The standard InChI is InChI=1S/C24H18O6/c25-17-6-8-19(23(29)13-17)21(27)10-4-15-2-1-3-16(12-15)5-11-22(28)20-9-7-18(26)14-24(20)30/h1-14,25-26,29-30H/b10-4+,11-5+. The Morgan fingerprint density at radius 3 is 1.43 bits per heavy atom. The Morgan fingerprint density at radius 2 is 1.03 bits per heavy atom. The van der Waals surface area contributed by atoms with Crippen molar-refractivity contribution in [2.75, 3.05) is 0 Å². The first-order chi connectivity index (χ1) is 14.3. The van der Waals surface area contributed by atoms with Crippen LogP contribution in [0.5, 0.6) is 23.0 Å². The molecule has 0 spiro atoms. The van der Waals surface area contributed by atoms with Crippen molar-refractivity contribution in [3.63, 3.8) is 0 Å². The number of allylic oxidation sites excluding steroid dienone is 2. The summed E-state index contributed by atoms with van der Waals surface area (Å²) < 4.78 is 0. The molecule has 150 valence electrons. The molecule has 4 N–H and O–H groups in total. The van der Waals surface area contributed by atoms with Gasteiger partial charge in [0, 0.05) is 12.1 Å². The highest BCUT2D eigenvalue weighted by Crippen LogP contribution is 2.24. The lowest BCUT2D eigenvalue weighted by atomic mass is 10.0. The summed E-state index contributed by atoms with van der Waals surface area (Å²) in [7, 11) is 0. The maximum absolute atomic E-state index is 12.2. The first-order valence-corrected chi connectivity index (χ1v) is 8.92. The highest BCUT2D eigenvalue weighted by molar-refractivity contribution is 6.09. The van der Waals surface area contributed by atoms with Crippen LogP contribution in [0.15, 0.2) is 72.8 Å². The molecule has 0 fully saturated rings. The van der Waals surface area contributed by atoms with Gasteiger partial charge in [-0.05, 0) is 53.6 Å². The molecule has 0 radical (unpaired) electrons. The van der Waals surface area contributed by atoms with Crippen molar-refractivity contribution in [1.29, 1.82) is 0 Å². The molecule has 0 saturated carbocycles. The predicted molar refractivity (Wildman–Crippen MR) is 113 cm³/mol. The first-order valence-electron chi connectivity index (χ1n) is 8.92. The van der Waals surface area contributed by atoms with E-state index >= 15 is 0 Å². The number of ketones is 2. The van der Waals surface area contributed by atoms with E-state index in [1.54, 1.807) is 36.4 Å². The molecular weight excluding hydrogens is 384 g/mol. The summed E-state index contributed by atoms with van der Waals surface area (Å²) in [6.07, 6.45) is 5.74. The van der Waals surface area contributed by atoms with Crippen LogP contribution in [0, 0.1) is 0 Å². The van der Waals surface area contributed by atoms with E-state index in [0.29, 0.717) is 11.1 Å². The van der Waals surface area contributed by atoms with Crippen molar-refractivity contribution in [3.8, 4) is 23.0 Å². The molecule has 3 rings (SSSR count). The summed E-state index contributed by atoms with van der Waals surface area (Å²) >= 11 is 0. The lowest BCUT2D eigenvalue weighted by Gasteiger charge is -2.02. The van der Waals surface area contributed by atoms with E-state index in [1.807, 2.05) is 0 Å². The molecular formula is C24H18O6. The molecule has 0 amide bonds. The fourth-order valence-electron chi connectivity index (χ4n) is 2.75. The summed E-state index contributed by atoms with van der Waals surface area (Å²) in [4.78, 5) is 24.5. The maximum Gasteiger partial charge on any atom is 0.189 e. The number of hydrogen-bond donors (Lipinski definition) is 4. The molecule has 0 bridgehead atoms. The second-order valence-electron chi connectivity index (χ2n) is 6.47.